The second-order valence-electron chi connectivity index (χ2n) is 3.90. The van der Waals surface area contributed by atoms with Crippen molar-refractivity contribution < 1.29 is 0 Å². The van der Waals surface area contributed by atoms with E-state index in [9.17, 15) is 0 Å². The van der Waals surface area contributed by atoms with Crippen LogP contribution in [-0.2, 0) is 7.05 Å². The predicted molar refractivity (Wildman–Crippen MR) is 62.1 cm³/mol. The van der Waals surface area contributed by atoms with E-state index in [-0.39, 0.29) is 0 Å². The third kappa shape index (κ3) is 1.31. The number of aromatic nitrogens is 4. The van der Waals surface area contributed by atoms with Gasteiger partial charge in [0, 0.05) is 25.0 Å². The van der Waals surface area contributed by atoms with Crippen LogP contribution in [0.2, 0.25) is 0 Å². The molecule has 0 amide bonds. The van der Waals surface area contributed by atoms with Gasteiger partial charge in [0.25, 0.3) is 0 Å². The van der Waals surface area contributed by atoms with E-state index in [4.69, 9.17) is 0 Å². The summed E-state index contributed by atoms with van der Waals surface area (Å²) in [6, 6.07) is 8.10. The van der Waals surface area contributed by atoms with Gasteiger partial charge in [-0.2, -0.15) is 10.2 Å². The highest BCUT2D eigenvalue weighted by atomic mass is 15.3. The molecule has 0 radical (unpaired) electrons. The summed E-state index contributed by atoms with van der Waals surface area (Å²) in [6.07, 6.45) is 3.95. The molecule has 3 aromatic heterocycles. The lowest BCUT2D eigenvalue weighted by atomic mass is 10.2. The summed E-state index contributed by atoms with van der Waals surface area (Å²) in [5, 5.41) is 8.85. The number of hydrogen-bond acceptors (Lipinski definition) is 2. The Hall–Kier alpha value is -2.10. The van der Waals surface area contributed by atoms with Crippen LogP contribution in [0.5, 0.6) is 0 Å². The van der Waals surface area contributed by atoms with Crippen LogP contribution < -0.4 is 0 Å². The Morgan fingerprint density at radius 3 is 2.75 bits per heavy atom. The van der Waals surface area contributed by atoms with Gasteiger partial charge in [-0.25, -0.2) is 4.52 Å². The minimum atomic E-state index is 0.969. The van der Waals surface area contributed by atoms with Crippen LogP contribution >= 0.6 is 0 Å². The van der Waals surface area contributed by atoms with E-state index in [0.717, 1.165) is 22.5 Å². The lowest BCUT2D eigenvalue weighted by Crippen LogP contribution is -1.86. The molecule has 0 saturated carbocycles. The molecule has 0 aliphatic heterocycles. The van der Waals surface area contributed by atoms with Crippen LogP contribution in [0.15, 0.2) is 36.7 Å². The third-order valence-corrected chi connectivity index (χ3v) is 2.66. The van der Waals surface area contributed by atoms with Gasteiger partial charge in [0.1, 0.15) is 0 Å². The van der Waals surface area contributed by atoms with Crippen LogP contribution in [0.25, 0.3) is 16.8 Å². The van der Waals surface area contributed by atoms with E-state index in [0.29, 0.717) is 0 Å². The Morgan fingerprint density at radius 1 is 1.19 bits per heavy atom. The maximum absolute atomic E-state index is 4.52. The van der Waals surface area contributed by atoms with E-state index in [2.05, 4.69) is 16.3 Å². The summed E-state index contributed by atoms with van der Waals surface area (Å²) in [7, 11) is 1.92. The molecular formula is C12H12N4. The topological polar surface area (TPSA) is 35.1 Å². The molecule has 3 heterocycles. The highest BCUT2D eigenvalue weighted by molar-refractivity contribution is 5.67. The first-order valence-electron chi connectivity index (χ1n) is 5.19. The number of hydrogen-bond donors (Lipinski definition) is 0. The van der Waals surface area contributed by atoms with E-state index >= 15 is 0 Å². The molecule has 0 unspecified atom stereocenters. The molecule has 3 aromatic rings. The van der Waals surface area contributed by atoms with Gasteiger partial charge < -0.3 is 0 Å². The van der Waals surface area contributed by atoms with Crippen molar-refractivity contribution in [2.24, 2.45) is 7.05 Å². The molecule has 0 N–H and O–H groups in total. The maximum Gasteiger partial charge on any atom is 0.0968 e. The molecule has 4 heteroatoms. The minimum absolute atomic E-state index is 0.969. The fourth-order valence-corrected chi connectivity index (χ4v) is 1.92. The normalized spacial score (nSPS) is 11.1. The fraction of sp³-hybridized carbons (Fsp3) is 0.167. The summed E-state index contributed by atoms with van der Waals surface area (Å²) in [5.41, 5.74) is 4.16. The number of pyridine rings is 1. The molecule has 3 rings (SSSR count). The maximum atomic E-state index is 4.52. The van der Waals surface area contributed by atoms with Crippen molar-refractivity contribution in [3.05, 3.63) is 42.4 Å². The zero-order valence-electron chi connectivity index (χ0n) is 9.25. The number of aryl methyl sites for hydroxylation is 2. The first kappa shape index (κ1) is 9.15. The SMILES string of the molecule is Cc1nn(C)cc1-c1cc2ccccn2n1. The van der Waals surface area contributed by atoms with Crippen molar-refractivity contribution >= 4 is 5.52 Å². The van der Waals surface area contributed by atoms with Gasteiger partial charge in [-0.15, -0.1) is 0 Å². The Morgan fingerprint density at radius 2 is 2.06 bits per heavy atom. The summed E-state index contributed by atoms with van der Waals surface area (Å²) >= 11 is 0. The zero-order valence-corrected chi connectivity index (χ0v) is 9.25. The average Bonchev–Trinajstić information content (AvgIpc) is 2.81. The fourth-order valence-electron chi connectivity index (χ4n) is 1.92. The lowest BCUT2D eigenvalue weighted by Gasteiger charge is -1.90. The molecule has 0 saturated heterocycles. The van der Waals surface area contributed by atoms with Crippen molar-refractivity contribution in [3.63, 3.8) is 0 Å². The molecular weight excluding hydrogens is 200 g/mol. The molecule has 0 spiro atoms. The lowest BCUT2D eigenvalue weighted by molar-refractivity contribution is 0.756. The van der Waals surface area contributed by atoms with Gasteiger partial charge in [0.15, 0.2) is 0 Å². The summed E-state index contributed by atoms with van der Waals surface area (Å²) in [6.45, 7) is 2.00. The molecule has 16 heavy (non-hydrogen) atoms. The Kier molecular flexibility index (Phi) is 1.83. The van der Waals surface area contributed by atoms with E-state index in [1.54, 1.807) is 0 Å². The van der Waals surface area contributed by atoms with Crippen LogP contribution in [0.4, 0.5) is 0 Å². The quantitative estimate of drug-likeness (QED) is 0.618. The van der Waals surface area contributed by atoms with Gasteiger partial charge in [-0.1, -0.05) is 6.07 Å². The third-order valence-electron chi connectivity index (χ3n) is 2.66. The van der Waals surface area contributed by atoms with Gasteiger partial charge in [0.2, 0.25) is 0 Å². The average molecular weight is 212 g/mol. The highest BCUT2D eigenvalue weighted by Crippen LogP contribution is 2.21. The van der Waals surface area contributed by atoms with E-state index < -0.39 is 0 Å². The van der Waals surface area contributed by atoms with Crippen LogP contribution in [0, 0.1) is 6.92 Å². The summed E-state index contributed by atoms with van der Waals surface area (Å²) < 4.78 is 3.69. The van der Waals surface area contributed by atoms with Crippen molar-refractivity contribution in [1.82, 2.24) is 19.4 Å². The minimum Gasteiger partial charge on any atom is -0.275 e. The standard InChI is InChI=1S/C12H12N4/c1-9-11(8-15(2)13-9)12-7-10-5-3-4-6-16(10)14-12/h3-8H,1-2H3. The van der Waals surface area contributed by atoms with E-state index in [1.807, 2.05) is 53.8 Å². The van der Waals surface area contributed by atoms with Gasteiger partial charge in [-0.3, -0.25) is 4.68 Å². The van der Waals surface area contributed by atoms with Crippen molar-refractivity contribution in [2.75, 3.05) is 0 Å². The second-order valence-corrected chi connectivity index (χ2v) is 3.90. The molecule has 0 bridgehead atoms. The monoisotopic (exact) mass is 212 g/mol. The largest absolute Gasteiger partial charge is 0.275 e. The Balaban J connectivity index is 2.22. The molecule has 0 aliphatic carbocycles. The molecule has 0 aliphatic rings. The molecule has 0 aromatic carbocycles. The van der Waals surface area contributed by atoms with Crippen LogP contribution in [0.1, 0.15) is 5.69 Å². The molecule has 80 valence electrons. The van der Waals surface area contributed by atoms with Gasteiger partial charge in [0.05, 0.1) is 16.9 Å². The van der Waals surface area contributed by atoms with Gasteiger partial charge in [-0.05, 0) is 25.1 Å². The zero-order chi connectivity index (χ0) is 11.1. The molecule has 0 fully saturated rings. The van der Waals surface area contributed by atoms with Crippen molar-refractivity contribution in [2.45, 2.75) is 6.92 Å². The first-order valence-corrected chi connectivity index (χ1v) is 5.19. The first-order chi connectivity index (χ1) is 7.74. The Bertz CT molecular complexity index is 615. The number of rotatable bonds is 1. The summed E-state index contributed by atoms with van der Waals surface area (Å²) in [5.74, 6) is 0. The smallest absolute Gasteiger partial charge is 0.0968 e. The van der Waals surface area contributed by atoms with Crippen LogP contribution in [0.3, 0.4) is 0 Å². The van der Waals surface area contributed by atoms with E-state index in [1.165, 1.54) is 0 Å². The second kappa shape index (κ2) is 3.20. The highest BCUT2D eigenvalue weighted by Gasteiger charge is 2.09. The number of fused-ring (bicyclic) bond motifs is 1. The molecule has 4 nitrogen and oxygen atoms in total. The van der Waals surface area contributed by atoms with Gasteiger partial charge >= 0.3 is 0 Å². The Labute approximate surface area is 93.1 Å². The molecule has 0 atom stereocenters. The van der Waals surface area contributed by atoms with Crippen LogP contribution in [-0.4, -0.2) is 19.4 Å². The summed E-state index contributed by atoms with van der Waals surface area (Å²) in [4.78, 5) is 0. The predicted octanol–water partition coefficient (Wildman–Crippen LogP) is 2.04. The van der Waals surface area contributed by atoms with Crippen molar-refractivity contribution in [3.8, 4) is 11.3 Å². The number of nitrogens with zero attached hydrogens (tertiary/aromatic N) is 4. The van der Waals surface area contributed by atoms with Crippen molar-refractivity contribution in [1.29, 1.82) is 0 Å².